The van der Waals surface area contributed by atoms with Gasteiger partial charge in [-0.25, -0.2) is 8.42 Å². The molecule has 0 saturated carbocycles. The Labute approximate surface area is 106 Å². The highest BCUT2D eigenvalue weighted by Crippen LogP contribution is 2.16. The van der Waals surface area contributed by atoms with Crippen molar-refractivity contribution in [1.82, 2.24) is 14.2 Å². The number of aromatic nitrogens is 1. The van der Waals surface area contributed by atoms with Gasteiger partial charge in [0.2, 0.25) is 15.5 Å². The smallest absolute Gasteiger partial charge is 0.248 e. The maximum Gasteiger partial charge on any atom is 0.248 e. The molecule has 0 radical (unpaired) electrons. The standard InChI is InChI=1S/C11H17N3O3S/c1-9-8-14(6-5-13(9)2)18(16,17)11-7-12-4-3-10(11)15/h3-4,7,9H,5-6,8H2,1-2H3,(H,12,15). The van der Waals surface area contributed by atoms with Crippen molar-refractivity contribution >= 4 is 10.0 Å². The molecular formula is C11H17N3O3S. The van der Waals surface area contributed by atoms with Crippen molar-refractivity contribution in [2.24, 2.45) is 0 Å². The number of hydrogen-bond donors (Lipinski definition) is 1. The molecule has 7 heteroatoms. The van der Waals surface area contributed by atoms with Gasteiger partial charge >= 0.3 is 0 Å². The minimum Gasteiger partial charge on any atom is -0.366 e. The van der Waals surface area contributed by atoms with Crippen LogP contribution in [-0.4, -0.2) is 55.3 Å². The van der Waals surface area contributed by atoms with E-state index in [1.54, 1.807) is 0 Å². The van der Waals surface area contributed by atoms with Crippen molar-refractivity contribution < 1.29 is 8.42 Å². The summed E-state index contributed by atoms with van der Waals surface area (Å²) in [5.74, 6) is 0. The van der Waals surface area contributed by atoms with E-state index >= 15 is 0 Å². The van der Waals surface area contributed by atoms with Crippen LogP contribution in [0.15, 0.2) is 28.2 Å². The Bertz CT molecular complexity index is 581. The zero-order chi connectivity index (χ0) is 13.3. The highest BCUT2D eigenvalue weighted by molar-refractivity contribution is 7.89. The minimum absolute atomic E-state index is 0.149. The Morgan fingerprint density at radius 3 is 2.72 bits per heavy atom. The third-order valence-corrected chi connectivity index (χ3v) is 5.21. The Balaban J connectivity index is 2.33. The first-order chi connectivity index (χ1) is 8.43. The maximum absolute atomic E-state index is 12.3. The fourth-order valence-electron chi connectivity index (χ4n) is 1.97. The van der Waals surface area contributed by atoms with E-state index in [-0.39, 0.29) is 10.9 Å². The molecule has 1 saturated heterocycles. The zero-order valence-corrected chi connectivity index (χ0v) is 11.3. The summed E-state index contributed by atoms with van der Waals surface area (Å²) in [6.07, 6.45) is 2.68. The van der Waals surface area contributed by atoms with E-state index in [2.05, 4.69) is 9.88 Å². The second-order valence-electron chi connectivity index (χ2n) is 4.57. The van der Waals surface area contributed by atoms with Crippen LogP contribution < -0.4 is 5.43 Å². The summed E-state index contributed by atoms with van der Waals surface area (Å²) in [5.41, 5.74) is -0.472. The summed E-state index contributed by atoms with van der Waals surface area (Å²) in [4.78, 5) is 16.2. The van der Waals surface area contributed by atoms with Crippen LogP contribution in [0.25, 0.3) is 0 Å². The van der Waals surface area contributed by atoms with E-state index in [1.165, 1.54) is 22.8 Å². The quantitative estimate of drug-likeness (QED) is 0.801. The van der Waals surface area contributed by atoms with Gasteiger partial charge in [0.1, 0.15) is 4.90 Å². The van der Waals surface area contributed by atoms with Crippen molar-refractivity contribution in [3.63, 3.8) is 0 Å². The van der Waals surface area contributed by atoms with E-state index < -0.39 is 15.5 Å². The normalized spacial score (nSPS) is 23.1. The molecule has 2 heterocycles. The molecule has 1 aromatic heterocycles. The Kier molecular flexibility index (Phi) is 3.56. The molecule has 18 heavy (non-hydrogen) atoms. The van der Waals surface area contributed by atoms with Gasteiger partial charge in [0.15, 0.2) is 0 Å². The van der Waals surface area contributed by atoms with Crippen LogP contribution >= 0.6 is 0 Å². The SMILES string of the molecule is CC1CN(S(=O)(=O)c2c[nH]ccc2=O)CCN1C. The lowest BCUT2D eigenvalue weighted by Crippen LogP contribution is -2.52. The largest absolute Gasteiger partial charge is 0.366 e. The fraction of sp³-hybridized carbons (Fsp3) is 0.545. The van der Waals surface area contributed by atoms with Gasteiger partial charge < -0.3 is 9.88 Å². The molecule has 0 aromatic carbocycles. The number of nitrogens with zero attached hydrogens (tertiary/aromatic N) is 2. The second-order valence-corrected chi connectivity index (χ2v) is 6.47. The predicted molar refractivity (Wildman–Crippen MR) is 67.9 cm³/mol. The molecule has 0 amide bonds. The summed E-state index contributed by atoms with van der Waals surface area (Å²) in [6, 6.07) is 1.38. The zero-order valence-electron chi connectivity index (χ0n) is 10.5. The van der Waals surface area contributed by atoms with E-state index in [9.17, 15) is 13.2 Å². The first-order valence-electron chi connectivity index (χ1n) is 5.80. The minimum atomic E-state index is -3.69. The van der Waals surface area contributed by atoms with Gasteiger partial charge in [-0.2, -0.15) is 4.31 Å². The molecule has 1 aromatic rings. The van der Waals surface area contributed by atoms with Gasteiger partial charge in [0.25, 0.3) is 0 Å². The van der Waals surface area contributed by atoms with Crippen LogP contribution in [-0.2, 0) is 10.0 Å². The van der Waals surface area contributed by atoms with E-state index in [0.29, 0.717) is 19.6 Å². The van der Waals surface area contributed by atoms with Crippen molar-refractivity contribution in [1.29, 1.82) is 0 Å². The van der Waals surface area contributed by atoms with Gasteiger partial charge in [-0.1, -0.05) is 0 Å². The molecule has 1 N–H and O–H groups in total. The average molecular weight is 271 g/mol. The summed E-state index contributed by atoms with van der Waals surface area (Å²) < 4.78 is 26.1. The molecule has 1 aliphatic rings. The van der Waals surface area contributed by atoms with Crippen molar-refractivity contribution in [3.8, 4) is 0 Å². The fourth-order valence-corrected chi connectivity index (χ4v) is 3.53. The number of rotatable bonds is 2. The first-order valence-corrected chi connectivity index (χ1v) is 7.24. The van der Waals surface area contributed by atoms with Crippen molar-refractivity contribution in [2.45, 2.75) is 17.9 Å². The van der Waals surface area contributed by atoms with Crippen molar-refractivity contribution in [3.05, 3.63) is 28.7 Å². The van der Waals surface area contributed by atoms with Gasteiger partial charge in [-0.05, 0) is 14.0 Å². The molecule has 1 aliphatic heterocycles. The van der Waals surface area contributed by atoms with Gasteiger partial charge in [-0.3, -0.25) is 4.79 Å². The highest BCUT2D eigenvalue weighted by atomic mass is 32.2. The van der Waals surface area contributed by atoms with Crippen LogP contribution in [0.5, 0.6) is 0 Å². The number of aromatic amines is 1. The lowest BCUT2D eigenvalue weighted by atomic mass is 10.2. The number of pyridine rings is 1. The summed E-state index contributed by atoms with van der Waals surface area (Å²) in [6.45, 7) is 3.46. The summed E-state index contributed by atoms with van der Waals surface area (Å²) in [7, 11) is -1.72. The molecule has 1 unspecified atom stereocenters. The first kappa shape index (κ1) is 13.3. The van der Waals surface area contributed by atoms with Gasteiger partial charge in [-0.15, -0.1) is 0 Å². The number of hydrogen-bond acceptors (Lipinski definition) is 4. The molecule has 0 bridgehead atoms. The van der Waals surface area contributed by atoms with Crippen LogP contribution in [0.3, 0.4) is 0 Å². The van der Waals surface area contributed by atoms with Crippen LogP contribution in [0.1, 0.15) is 6.92 Å². The summed E-state index contributed by atoms with van der Waals surface area (Å²) in [5, 5.41) is 0. The molecule has 0 spiro atoms. The van der Waals surface area contributed by atoms with E-state index in [4.69, 9.17) is 0 Å². The topological polar surface area (TPSA) is 73.5 Å². The number of piperazine rings is 1. The van der Waals surface area contributed by atoms with Crippen LogP contribution in [0, 0.1) is 0 Å². The Morgan fingerprint density at radius 1 is 1.39 bits per heavy atom. The summed E-state index contributed by atoms with van der Waals surface area (Å²) >= 11 is 0. The Morgan fingerprint density at radius 2 is 2.11 bits per heavy atom. The lowest BCUT2D eigenvalue weighted by Gasteiger charge is -2.36. The maximum atomic E-state index is 12.3. The lowest BCUT2D eigenvalue weighted by molar-refractivity contribution is 0.159. The number of nitrogens with one attached hydrogen (secondary N) is 1. The predicted octanol–water partition coefficient (Wildman–Crippen LogP) is -0.300. The molecule has 1 atom stereocenters. The van der Waals surface area contributed by atoms with Crippen molar-refractivity contribution in [2.75, 3.05) is 26.7 Å². The van der Waals surface area contributed by atoms with Crippen LogP contribution in [0.4, 0.5) is 0 Å². The number of likely N-dealkylation sites (N-methyl/N-ethyl adjacent to an activating group) is 1. The molecule has 1 fully saturated rings. The van der Waals surface area contributed by atoms with E-state index in [0.717, 1.165) is 0 Å². The molecule has 2 rings (SSSR count). The van der Waals surface area contributed by atoms with Gasteiger partial charge in [0, 0.05) is 44.1 Å². The third-order valence-electron chi connectivity index (χ3n) is 3.33. The van der Waals surface area contributed by atoms with Gasteiger partial charge in [0.05, 0.1) is 0 Å². The molecular weight excluding hydrogens is 254 g/mol. The van der Waals surface area contributed by atoms with Crippen LogP contribution in [0.2, 0.25) is 0 Å². The number of H-pyrrole nitrogens is 1. The number of sulfonamides is 1. The second kappa shape index (κ2) is 4.83. The highest BCUT2D eigenvalue weighted by Gasteiger charge is 2.32. The Hall–Kier alpha value is -1.18. The average Bonchev–Trinajstić information content (AvgIpc) is 2.33. The monoisotopic (exact) mass is 271 g/mol. The third kappa shape index (κ3) is 2.33. The molecule has 0 aliphatic carbocycles. The van der Waals surface area contributed by atoms with E-state index in [1.807, 2.05) is 14.0 Å². The molecule has 100 valence electrons. The molecule has 6 nitrogen and oxygen atoms in total.